The molecule has 0 aromatic heterocycles. The fraction of sp³-hybridized carbons (Fsp3) is 0.917. The summed E-state index contributed by atoms with van der Waals surface area (Å²) in [6.07, 6.45) is 5.04. The third-order valence-corrected chi connectivity index (χ3v) is 5.23. The molecule has 110 valence electrons. The molecule has 1 N–H and O–H groups in total. The standard InChI is InChI=1S/C12H23N3O3S/c1-19(17,18)15-9-7-14(8-10-15)12(16)5-4-11-3-2-6-13-11/h11,13H,2-10H2,1H3. The monoisotopic (exact) mass is 289 g/mol. The highest BCUT2D eigenvalue weighted by molar-refractivity contribution is 7.88. The molecular formula is C12H23N3O3S. The van der Waals surface area contributed by atoms with Crippen LogP contribution >= 0.6 is 0 Å². The first kappa shape index (κ1) is 14.7. The minimum Gasteiger partial charge on any atom is -0.340 e. The quantitative estimate of drug-likeness (QED) is 0.766. The van der Waals surface area contributed by atoms with E-state index in [-0.39, 0.29) is 5.91 Å². The van der Waals surface area contributed by atoms with Crippen molar-refractivity contribution in [1.29, 1.82) is 0 Å². The molecule has 0 bridgehead atoms. The summed E-state index contributed by atoms with van der Waals surface area (Å²) in [4.78, 5) is 13.8. The van der Waals surface area contributed by atoms with Gasteiger partial charge in [-0.3, -0.25) is 4.79 Å². The first-order valence-corrected chi connectivity index (χ1v) is 8.78. The zero-order chi connectivity index (χ0) is 13.9. The Kier molecular flexibility index (Phi) is 4.81. The van der Waals surface area contributed by atoms with Crippen LogP contribution in [0.1, 0.15) is 25.7 Å². The van der Waals surface area contributed by atoms with E-state index < -0.39 is 10.0 Å². The van der Waals surface area contributed by atoms with Gasteiger partial charge in [0, 0.05) is 38.6 Å². The number of piperazine rings is 1. The van der Waals surface area contributed by atoms with Gasteiger partial charge in [0.15, 0.2) is 0 Å². The first-order chi connectivity index (χ1) is 8.97. The SMILES string of the molecule is CS(=O)(=O)N1CCN(C(=O)CCC2CCCN2)CC1. The minimum absolute atomic E-state index is 0.154. The number of hydrogen-bond donors (Lipinski definition) is 1. The molecule has 0 saturated carbocycles. The number of carbonyl (C=O) groups excluding carboxylic acids is 1. The average molecular weight is 289 g/mol. The zero-order valence-corrected chi connectivity index (χ0v) is 12.3. The highest BCUT2D eigenvalue weighted by Crippen LogP contribution is 2.13. The summed E-state index contributed by atoms with van der Waals surface area (Å²) >= 11 is 0. The Labute approximate surface area is 115 Å². The van der Waals surface area contributed by atoms with Crippen LogP contribution < -0.4 is 5.32 Å². The number of nitrogens with zero attached hydrogens (tertiary/aromatic N) is 2. The van der Waals surface area contributed by atoms with Gasteiger partial charge >= 0.3 is 0 Å². The Hall–Kier alpha value is -0.660. The number of carbonyl (C=O) groups is 1. The highest BCUT2D eigenvalue weighted by atomic mass is 32.2. The van der Waals surface area contributed by atoms with Crippen LogP contribution in [0.5, 0.6) is 0 Å². The van der Waals surface area contributed by atoms with Crippen molar-refractivity contribution in [3.05, 3.63) is 0 Å². The molecule has 2 heterocycles. The van der Waals surface area contributed by atoms with E-state index in [2.05, 4.69) is 5.32 Å². The summed E-state index contributed by atoms with van der Waals surface area (Å²) in [6.45, 7) is 2.94. The van der Waals surface area contributed by atoms with Crippen LogP contribution in [-0.4, -0.2) is 68.6 Å². The largest absolute Gasteiger partial charge is 0.340 e. The fourth-order valence-electron chi connectivity index (χ4n) is 2.73. The van der Waals surface area contributed by atoms with Gasteiger partial charge in [-0.1, -0.05) is 0 Å². The molecule has 6 nitrogen and oxygen atoms in total. The molecule has 1 unspecified atom stereocenters. The molecule has 0 aromatic rings. The molecule has 1 amide bonds. The maximum atomic E-state index is 12.0. The average Bonchev–Trinajstić information content (AvgIpc) is 2.88. The zero-order valence-electron chi connectivity index (χ0n) is 11.5. The van der Waals surface area contributed by atoms with Crippen LogP contribution in [0, 0.1) is 0 Å². The van der Waals surface area contributed by atoms with Gasteiger partial charge in [0.1, 0.15) is 0 Å². The Morgan fingerprint density at radius 3 is 2.47 bits per heavy atom. The van der Waals surface area contributed by atoms with Gasteiger partial charge in [-0.15, -0.1) is 0 Å². The lowest BCUT2D eigenvalue weighted by molar-refractivity contribution is -0.132. The van der Waals surface area contributed by atoms with Gasteiger partial charge < -0.3 is 10.2 Å². The van der Waals surface area contributed by atoms with Crippen molar-refractivity contribution in [3.8, 4) is 0 Å². The van der Waals surface area contributed by atoms with Crippen LogP contribution in [0.4, 0.5) is 0 Å². The second-order valence-corrected chi connectivity index (χ2v) is 7.36. The molecule has 2 saturated heterocycles. The van der Waals surface area contributed by atoms with Crippen molar-refractivity contribution in [2.45, 2.75) is 31.7 Å². The number of amides is 1. The van der Waals surface area contributed by atoms with Crippen LogP contribution in [0.15, 0.2) is 0 Å². The Morgan fingerprint density at radius 2 is 1.95 bits per heavy atom. The lowest BCUT2D eigenvalue weighted by Crippen LogP contribution is -2.50. The molecule has 0 radical (unpaired) electrons. The summed E-state index contributed by atoms with van der Waals surface area (Å²) in [5, 5.41) is 3.38. The van der Waals surface area contributed by atoms with Gasteiger partial charge in [-0.05, 0) is 25.8 Å². The van der Waals surface area contributed by atoms with Crippen LogP contribution in [-0.2, 0) is 14.8 Å². The molecule has 1 atom stereocenters. The predicted molar refractivity (Wildman–Crippen MR) is 73.3 cm³/mol. The second kappa shape index (κ2) is 6.19. The number of sulfonamides is 1. The highest BCUT2D eigenvalue weighted by Gasteiger charge is 2.26. The Balaban J connectivity index is 1.73. The molecule has 0 spiro atoms. The number of hydrogen-bond acceptors (Lipinski definition) is 4. The molecule has 2 aliphatic rings. The van der Waals surface area contributed by atoms with Gasteiger partial charge in [-0.2, -0.15) is 4.31 Å². The molecule has 2 fully saturated rings. The Morgan fingerprint density at radius 1 is 1.26 bits per heavy atom. The smallest absolute Gasteiger partial charge is 0.222 e. The van der Waals surface area contributed by atoms with Gasteiger partial charge in [0.2, 0.25) is 15.9 Å². The van der Waals surface area contributed by atoms with E-state index in [0.29, 0.717) is 38.6 Å². The molecule has 2 aliphatic heterocycles. The van der Waals surface area contributed by atoms with Crippen molar-refractivity contribution < 1.29 is 13.2 Å². The van der Waals surface area contributed by atoms with Crippen molar-refractivity contribution in [2.75, 3.05) is 39.0 Å². The van der Waals surface area contributed by atoms with E-state index >= 15 is 0 Å². The maximum absolute atomic E-state index is 12.0. The summed E-state index contributed by atoms with van der Waals surface area (Å²) in [5.41, 5.74) is 0. The topological polar surface area (TPSA) is 69.7 Å². The van der Waals surface area contributed by atoms with Crippen LogP contribution in [0.25, 0.3) is 0 Å². The third-order valence-electron chi connectivity index (χ3n) is 3.93. The van der Waals surface area contributed by atoms with E-state index in [1.165, 1.54) is 17.0 Å². The fourth-order valence-corrected chi connectivity index (χ4v) is 3.55. The predicted octanol–water partition coefficient (Wildman–Crippen LogP) is -0.378. The molecular weight excluding hydrogens is 266 g/mol. The van der Waals surface area contributed by atoms with Gasteiger partial charge in [0.25, 0.3) is 0 Å². The summed E-state index contributed by atoms with van der Waals surface area (Å²) in [5.74, 6) is 0.154. The molecule has 19 heavy (non-hydrogen) atoms. The van der Waals surface area contributed by atoms with E-state index in [1.807, 2.05) is 0 Å². The van der Waals surface area contributed by atoms with Crippen molar-refractivity contribution in [1.82, 2.24) is 14.5 Å². The van der Waals surface area contributed by atoms with Crippen LogP contribution in [0.2, 0.25) is 0 Å². The van der Waals surface area contributed by atoms with Crippen molar-refractivity contribution in [2.24, 2.45) is 0 Å². The normalized spacial score (nSPS) is 25.7. The summed E-state index contributed by atoms with van der Waals surface area (Å²) < 4.78 is 24.2. The molecule has 0 aliphatic carbocycles. The first-order valence-electron chi connectivity index (χ1n) is 6.93. The maximum Gasteiger partial charge on any atom is 0.222 e. The summed E-state index contributed by atoms with van der Waals surface area (Å²) in [6, 6.07) is 0.487. The molecule has 0 aromatic carbocycles. The van der Waals surface area contributed by atoms with Crippen molar-refractivity contribution >= 4 is 15.9 Å². The van der Waals surface area contributed by atoms with Crippen LogP contribution in [0.3, 0.4) is 0 Å². The third kappa shape index (κ3) is 4.15. The van der Waals surface area contributed by atoms with E-state index in [0.717, 1.165) is 19.4 Å². The van der Waals surface area contributed by atoms with Crippen molar-refractivity contribution in [3.63, 3.8) is 0 Å². The van der Waals surface area contributed by atoms with E-state index in [4.69, 9.17) is 0 Å². The summed E-state index contributed by atoms with van der Waals surface area (Å²) in [7, 11) is -3.12. The van der Waals surface area contributed by atoms with E-state index in [9.17, 15) is 13.2 Å². The molecule has 7 heteroatoms. The second-order valence-electron chi connectivity index (χ2n) is 5.37. The molecule has 2 rings (SSSR count). The lowest BCUT2D eigenvalue weighted by Gasteiger charge is -2.33. The minimum atomic E-state index is -3.12. The van der Waals surface area contributed by atoms with Gasteiger partial charge in [0.05, 0.1) is 6.26 Å². The lowest BCUT2D eigenvalue weighted by atomic mass is 10.1. The Bertz CT molecular complexity index is 410. The van der Waals surface area contributed by atoms with E-state index in [1.54, 1.807) is 4.90 Å². The number of nitrogens with one attached hydrogen (secondary N) is 1. The van der Waals surface area contributed by atoms with Gasteiger partial charge in [-0.25, -0.2) is 8.42 Å². The number of rotatable bonds is 4.